The Hall–Kier alpha value is -1.88. The van der Waals surface area contributed by atoms with E-state index in [0.717, 1.165) is 6.42 Å². The zero-order valence-electron chi connectivity index (χ0n) is 11.5. The highest BCUT2D eigenvalue weighted by Gasteiger charge is 2.27. The SMILES string of the molecule is CCCC(C)(N)C(=O)Nc1cccc(C(=O)O)c1C. The van der Waals surface area contributed by atoms with Crippen LogP contribution in [0.2, 0.25) is 0 Å². The molecule has 0 spiro atoms. The number of rotatable bonds is 5. The van der Waals surface area contributed by atoms with Crippen LogP contribution in [0.5, 0.6) is 0 Å². The van der Waals surface area contributed by atoms with E-state index >= 15 is 0 Å². The number of amides is 1. The topological polar surface area (TPSA) is 92.4 Å². The van der Waals surface area contributed by atoms with Crippen molar-refractivity contribution in [2.24, 2.45) is 5.73 Å². The molecule has 1 rings (SSSR count). The third kappa shape index (κ3) is 3.54. The van der Waals surface area contributed by atoms with Crippen molar-refractivity contribution < 1.29 is 14.7 Å². The number of carbonyl (C=O) groups is 2. The molecule has 0 heterocycles. The van der Waals surface area contributed by atoms with Crippen LogP contribution in [0.4, 0.5) is 5.69 Å². The van der Waals surface area contributed by atoms with E-state index in [0.29, 0.717) is 17.7 Å². The second kappa shape index (κ2) is 5.84. The van der Waals surface area contributed by atoms with Gasteiger partial charge in [0.2, 0.25) is 5.91 Å². The van der Waals surface area contributed by atoms with E-state index < -0.39 is 11.5 Å². The van der Waals surface area contributed by atoms with E-state index in [1.165, 1.54) is 6.07 Å². The molecular formula is C14H20N2O3. The minimum Gasteiger partial charge on any atom is -0.478 e. The minimum atomic E-state index is -1.02. The summed E-state index contributed by atoms with van der Waals surface area (Å²) in [4.78, 5) is 23.1. The number of nitrogens with one attached hydrogen (secondary N) is 1. The minimum absolute atomic E-state index is 0.173. The van der Waals surface area contributed by atoms with Crippen molar-refractivity contribution in [2.45, 2.75) is 39.2 Å². The lowest BCUT2D eigenvalue weighted by Crippen LogP contribution is -2.48. The first-order chi connectivity index (χ1) is 8.79. The van der Waals surface area contributed by atoms with Crippen molar-refractivity contribution in [1.82, 2.24) is 0 Å². The fourth-order valence-corrected chi connectivity index (χ4v) is 1.90. The second-order valence-corrected chi connectivity index (χ2v) is 4.90. The van der Waals surface area contributed by atoms with E-state index in [1.807, 2.05) is 6.92 Å². The molecule has 0 fully saturated rings. The lowest BCUT2D eigenvalue weighted by atomic mass is 9.96. The molecule has 1 amide bonds. The Morgan fingerprint density at radius 2 is 2.05 bits per heavy atom. The summed E-state index contributed by atoms with van der Waals surface area (Å²) < 4.78 is 0. The summed E-state index contributed by atoms with van der Waals surface area (Å²) in [5.74, 6) is -1.32. The van der Waals surface area contributed by atoms with E-state index in [2.05, 4.69) is 5.32 Å². The Balaban J connectivity index is 2.98. The van der Waals surface area contributed by atoms with E-state index in [4.69, 9.17) is 10.8 Å². The van der Waals surface area contributed by atoms with Crippen LogP contribution in [0.1, 0.15) is 42.6 Å². The van der Waals surface area contributed by atoms with Crippen LogP contribution >= 0.6 is 0 Å². The molecule has 1 aromatic carbocycles. The lowest BCUT2D eigenvalue weighted by molar-refractivity contribution is -0.120. The first kappa shape index (κ1) is 15.2. The molecule has 5 heteroatoms. The van der Waals surface area contributed by atoms with Crippen LogP contribution in [0.25, 0.3) is 0 Å². The van der Waals surface area contributed by atoms with Crippen molar-refractivity contribution in [2.75, 3.05) is 5.32 Å². The summed E-state index contributed by atoms with van der Waals surface area (Å²) in [5.41, 5.74) is 6.16. The molecule has 0 aromatic heterocycles. The van der Waals surface area contributed by atoms with Gasteiger partial charge in [0.15, 0.2) is 0 Å². The van der Waals surface area contributed by atoms with E-state index in [-0.39, 0.29) is 11.5 Å². The zero-order valence-corrected chi connectivity index (χ0v) is 11.5. The summed E-state index contributed by atoms with van der Waals surface area (Å²) >= 11 is 0. The highest BCUT2D eigenvalue weighted by atomic mass is 16.4. The number of carboxylic acid groups (broad SMARTS) is 1. The molecule has 0 aliphatic heterocycles. The molecule has 1 atom stereocenters. The van der Waals surface area contributed by atoms with Crippen LogP contribution in [0.15, 0.2) is 18.2 Å². The lowest BCUT2D eigenvalue weighted by Gasteiger charge is -2.23. The van der Waals surface area contributed by atoms with Crippen LogP contribution in [0, 0.1) is 6.92 Å². The molecule has 0 aliphatic carbocycles. The van der Waals surface area contributed by atoms with Gasteiger partial charge in [0.25, 0.3) is 0 Å². The molecule has 4 N–H and O–H groups in total. The van der Waals surface area contributed by atoms with Crippen LogP contribution < -0.4 is 11.1 Å². The number of benzene rings is 1. The van der Waals surface area contributed by atoms with Crippen molar-refractivity contribution in [3.63, 3.8) is 0 Å². The first-order valence-corrected chi connectivity index (χ1v) is 6.23. The van der Waals surface area contributed by atoms with Gasteiger partial charge in [0.1, 0.15) is 0 Å². The standard InChI is InChI=1S/C14H20N2O3/c1-4-8-14(3,15)13(19)16-11-7-5-6-10(9(11)2)12(17)18/h5-7H,4,8,15H2,1-3H3,(H,16,19)(H,17,18). The summed E-state index contributed by atoms with van der Waals surface area (Å²) in [6.45, 7) is 5.28. The summed E-state index contributed by atoms with van der Waals surface area (Å²) in [7, 11) is 0. The van der Waals surface area contributed by atoms with Crippen molar-refractivity contribution >= 4 is 17.6 Å². The van der Waals surface area contributed by atoms with Crippen molar-refractivity contribution in [3.05, 3.63) is 29.3 Å². The molecule has 1 aromatic rings. The third-order valence-electron chi connectivity index (χ3n) is 3.10. The predicted octanol–water partition coefficient (Wildman–Crippen LogP) is 2.15. The average molecular weight is 264 g/mol. The van der Waals surface area contributed by atoms with Gasteiger partial charge in [0, 0.05) is 5.69 Å². The Bertz CT molecular complexity index is 495. The quantitative estimate of drug-likeness (QED) is 0.759. The fraction of sp³-hybridized carbons (Fsp3) is 0.429. The Labute approximate surface area is 112 Å². The van der Waals surface area contributed by atoms with Gasteiger partial charge < -0.3 is 16.2 Å². The van der Waals surface area contributed by atoms with Crippen molar-refractivity contribution in [1.29, 1.82) is 0 Å². The molecule has 0 bridgehead atoms. The molecule has 0 saturated heterocycles. The molecule has 0 aliphatic rings. The molecule has 0 saturated carbocycles. The number of carboxylic acids is 1. The Morgan fingerprint density at radius 3 is 2.58 bits per heavy atom. The van der Waals surface area contributed by atoms with Crippen LogP contribution in [0.3, 0.4) is 0 Å². The number of anilines is 1. The first-order valence-electron chi connectivity index (χ1n) is 6.23. The highest BCUT2D eigenvalue weighted by molar-refractivity contribution is 6.00. The average Bonchev–Trinajstić information content (AvgIpc) is 2.31. The maximum Gasteiger partial charge on any atom is 0.336 e. The zero-order chi connectivity index (χ0) is 14.6. The molecule has 1 unspecified atom stereocenters. The molecular weight excluding hydrogens is 244 g/mol. The smallest absolute Gasteiger partial charge is 0.336 e. The van der Waals surface area contributed by atoms with Gasteiger partial charge in [-0.25, -0.2) is 4.79 Å². The normalized spacial score (nSPS) is 13.7. The predicted molar refractivity (Wildman–Crippen MR) is 74.3 cm³/mol. The van der Waals surface area contributed by atoms with Crippen LogP contribution in [-0.2, 0) is 4.79 Å². The molecule has 0 radical (unpaired) electrons. The van der Waals surface area contributed by atoms with E-state index in [1.54, 1.807) is 26.0 Å². The van der Waals surface area contributed by atoms with Gasteiger partial charge in [-0.1, -0.05) is 19.4 Å². The molecule has 19 heavy (non-hydrogen) atoms. The number of aromatic carboxylic acids is 1. The van der Waals surface area contributed by atoms with E-state index in [9.17, 15) is 9.59 Å². The fourth-order valence-electron chi connectivity index (χ4n) is 1.90. The van der Waals surface area contributed by atoms with Gasteiger partial charge in [-0.3, -0.25) is 4.79 Å². The second-order valence-electron chi connectivity index (χ2n) is 4.90. The van der Waals surface area contributed by atoms with Crippen LogP contribution in [-0.4, -0.2) is 22.5 Å². The Kier molecular flexibility index (Phi) is 4.67. The molecule has 5 nitrogen and oxygen atoms in total. The summed E-state index contributed by atoms with van der Waals surface area (Å²) in [5, 5.41) is 11.7. The monoisotopic (exact) mass is 264 g/mol. The van der Waals surface area contributed by atoms with Gasteiger partial charge in [-0.2, -0.15) is 0 Å². The van der Waals surface area contributed by atoms with Gasteiger partial charge in [0.05, 0.1) is 11.1 Å². The highest BCUT2D eigenvalue weighted by Crippen LogP contribution is 2.21. The molecule has 104 valence electrons. The maximum absolute atomic E-state index is 12.1. The van der Waals surface area contributed by atoms with Crippen molar-refractivity contribution in [3.8, 4) is 0 Å². The summed E-state index contributed by atoms with van der Waals surface area (Å²) in [6, 6.07) is 4.77. The number of hydrogen-bond donors (Lipinski definition) is 3. The number of hydrogen-bond acceptors (Lipinski definition) is 3. The Morgan fingerprint density at radius 1 is 1.42 bits per heavy atom. The summed E-state index contributed by atoms with van der Waals surface area (Å²) in [6.07, 6.45) is 1.37. The maximum atomic E-state index is 12.1. The van der Waals surface area contributed by atoms with Gasteiger partial charge in [-0.05, 0) is 38.0 Å². The number of carbonyl (C=O) groups excluding carboxylic acids is 1. The van der Waals surface area contributed by atoms with Gasteiger partial charge >= 0.3 is 5.97 Å². The largest absolute Gasteiger partial charge is 0.478 e. The number of nitrogens with two attached hydrogens (primary N) is 1. The third-order valence-corrected chi connectivity index (χ3v) is 3.10. The van der Waals surface area contributed by atoms with Gasteiger partial charge in [-0.15, -0.1) is 0 Å².